The number of phenolic OH excluding ortho intramolecular Hbond substituents is 1. The van der Waals surface area contributed by atoms with Crippen molar-refractivity contribution in [2.45, 2.75) is 19.8 Å². The minimum Gasteiger partial charge on any atom is -0.507 e. The van der Waals surface area contributed by atoms with Crippen LogP contribution in [-0.2, 0) is 0 Å². The average molecular weight is 300 g/mol. The Kier molecular flexibility index (Phi) is 4.46. The van der Waals surface area contributed by atoms with Gasteiger partial charge in [-0.1, -0.05) is 38.1 Å². The highest BCUT2D eigenvalue weighted by atomic mass is 16.5. The maximum Gasteiger partial charge on any atom is 0.347 e. The third-order valence-electron chi connectivity index (χ3n) is 3.23. The number of benzene rings is 2. The second-order valence-corrected chi connectivity index (χ2v) is 5.09. The summed E-state index contributed by atoms with van der Waals surface area (Å²) in [5.74, 6) is -2.15. The van der Waals surface area contributed by atoms with Crippen LogP contribution < -0.4 is 4.74 Å². The third kappa shape index (κ3) is 3.09. The van der Waals surface area contributed by atoms with Crippen molar-refractivity contribution in [3.05, 3.63) is 59.2 Å². The summed E-state index contributed by atoms with van der Waals surface area (Å²) in [7, 11) is 0. The van der Waals surface area contributed by atoms with Gasteiger partial charge in [0.1, 0.15) is 22.6 Å². The molecule has 5 nitrogen and oxygen atoms in total. The van der Waals surface area contributed by atoms with Gasteiger partial charge in [0.2, 0.25) is 0 Å². The minimum atomic E-state index is -1.19. The lowest BCUT2D eigenvalue weighted by Crippen LogP contribution is -2.12. The number of phenols is 1. The molecule has 0 saturated heterocycles. The first-order chi connectivity index (χ1) is 10.4. The van der Waals surface area contributed by atoms with Crippen LogP contribution in [0.2, 0.25) is 0 Å². The summed E-state index contributed by atoms with van der Waals surface area (Å²) in [6.07, 6.45) is 0. The van der Waals surface area contributed by atoms with Gasteiger partial charge in [0, 0.05) is 0 Å². The van der Waals surface area contributed by atoms with E-state index in [2.05, 4.69) is 0 Å². The van der Waals surface area contributed by atoms with E-state index >= 15 is 0 Å². The number of ether oxygens (including phenoxy) is 1. The molecule has 0 bridgehead atoms. The Morgan fingerprint density at radius 2 is 1.64 bits per heavy atom. The van der Waals surface area contributed by atoms with E-state index in [9.17, 15) is 14.7 Å². The first kappa shape index (κ1) is 15.6. The lowest BCUT2D eigenvalue weighted by Gasteiger charge is -2.12. The fraction of sp³-hybridized carbons (Fsp3) is 0.176. The van der Waals surface area contributed by atoms with Crippen LogP contribution >= 0.6 is 0 Å². The van der Waals surface area contributed by atoms with Gasteiger partial charge in [-0.25, -0.2) is 9.59 Å². The molecule has 0 spiro atoms. The molecule has 0 atom stereocenters. The van der Waals surface area contributed by atoms with Gasteiger partial charge in [0.15, 0.2) is 0 Å². The number of carboxylic acids is 1. The number of aromatic hydroxyl groups is 1. The predicted octanol–water partition coefficient (Wildman–Crippen LogP) is 3.43. The van der Waals surface area contributed by atoms with Crippen molar-refractivity contribution in [1.82, 2.24) is 0 Å². The number of rotatable bonds is 4. The van der Waals surface area contributed by atoms with E-state index in [0.717, 1.165) is 0 Å². The zero-order valence-corrected chi connectivity index (χ0v) is 12.2. The van der Waals surface area contributed by atoms with Crippen LogP contribution in [0.25, 0.3) is 0 Å². The second kappa shape index (κ2) is 6.30. The molecule has 0 aromatic heterocycles. The van der Waals surface area contributed by atoms with Gasteiger partial charge in [-0.05, 0) is 29.7 Å². The molecule has 114 valence electrons. The minimum absolute atomic E-state index is 0.00592. The number of aromatic carboxylic acids is 1. The molecule has 0 heterocycles. The molecule has 0 fully saturated rings. The molecule has 22 heavy (non-hydrogen) atoms. The van der Waals surface area contributed by atoms with Gasteiger partial charge in [0.25, 0.3) is 0 Å². The molecule has 5 heteroatoms. The topological polar surface area (TPSA) is 83.8 Å². The summed E-state index contributed by atoms with van der Waals surface area (Å²) in [6.45, 7) is 3.79. The van der Waals surface area contributed by atoms with E-state index in [-0.39, 0.29) is 28.5 Å². The Hall–Kier alpha value is -2.82. The first-order valence-electron chi connectivity index (χ1n) is 6.78. The molecular formula is C17H16O5. The monoisotopic (exact) mass is 300 g/mol. The molecule has 2 aromatic rings. The van der Waals surface area contributed by atoms with Gasteiger partial charge in [-0.3, -0.25) is 0 Å². The summed E-state index contributed by atoms with van der Waals surface area (Å²) in [6, 6.07) is 10.7. The molecule has 0 aliphatic heterocycles. The molecule has 0 radical (unpaired) electrons. The number of carbonyl (C=O) groups excluding carboxylic acids is 1. The molecule has 2 rings (SSSR count). The molecule has 0 amide bonds. The lowest BCUT2D eigenvalue weighted by molar-refractivity contribution is 0.0681. The van der Waals surface area contributed by atoms with E-state index in [1.165, 1.54) is 24.3 Å². The Balaban J connectivity index is 2.35. The summed E-state index contributed by atoms with van der Waals surface area (Å²) < 4.78 is 5.13. The Morgan fingerprint density at radius 1 is 1.00 bits per heavy atom. The summed E-state index contributed by atoms with van der Waals surface area (Å²) >= 11 is 0. The van der Waals surface area contributed by atoms with Crippen LogP contribution in [0, 0.1) is 0 Å². The lowest BCUT2D eigenvalue weighted by atomic mass is 9.99. The van der Waals surface area contributed by atoms with Gasteiger partial charge in [-0.15, -0.1) is 0 Å². The molecule has 0 aliphatic rings. The summed E-state index contributed by atoms with van der Waals surface area (Å²) in [4.78, 5) is 23.3. The molecule has 0 unspecified atom stereocenters. The number of hydrogen-bond donors (Lipinski definition) is 2. The fourth-order valence-electron chi connectivity index (χ4n) is 2.08. The van der Waals surface area contributed by atoms with E-state index in [1.807, 2.05) is 13.8 Å². The third-order valence-corrected chi connectivity index (χ3v) is 3.23. The number of esters is 1. The second-order valence-electron chi connectivity index (χ2n) is 5.09. The summed E-state index contributed by atoms with van der Waals surface area (Å²) in [5.41, 5.74) is 0.516. The predicted molar refractivity (Wildman–Crippen MR) is 80.6 cm³/mol. The highest BCUT2D eigenvalue weighted by Crippen LogP contribution is 2.30. The molecule has 0 aliphatic carbocycles. The van der Waals surface area contributed by atoms with Gasteiger partial charge < -0.3 is 14.9 Å². The van der Waals surface area contributed by atoms with E-state index in [1.54, 1.807) is 18.2 Å². The normalized spacial score (nSPS) is 10.5. The van der Waals surface area contributed by atoms with E-state index < -0.39 is 11.9 Å². The Bertz CT molecular complexity index is 719. The Labute approximate surface area is 127 Å². The van der Waals surface area contributed by atoms with Crippen LogP contribution in [0.1, 0.15) is 46.0 Å². The van der Waals surface area contributed by atoms with Crippen molar-refractivity contribution in [3.8, 4) is 11.5 Å². The number of para-hydroxylation sites is 2. The average Bonchev–Trinajstić information content (AvgIpc) is 2.47. The van der Waals surface area contributed by atoms with Crippen molar-refractivity contribution < 1.29 is 24.5 Å². The number of carboxylic acid groups (broad SMARTS) is 1. The van der Waals surface area contributed by atoms with Crippen molar-refractivity contribution in [2.24, 2.45) is 0 Å². The first-order valence-corrected chi connectivity index (χ1v) is 6.78. The van der Waals surface area contributed by atoms with Gasteiger partial charge in [0.05, 0.1) is 0 Å². The van der Waals surface area contributed by atoms with Crippen LogP contribution in [-0.4, -0.2) is 22.2 Å². The molecular weight excluding hydrogens is 284 g/mol. The highest BCUT2D eigenvalue weighted by molar-refractivity contribution is 5.97. The zero-order valence-electron chi connectivity index (χ0n) is 12.2. The molecule has 2 N–H and O–H groups in total. The van der Waals surface area contributed by atoms with Gasteiger partial charge in [-0.2, -0.15) is 0 Å². The quantitative estimate of drug-likeness (QED) is 0.667. The Morgan fingerprint density at radius 3 is 2.27 bits per heavy atom. The standard InChI is InChI=1S/C17H16O5/c1-10(2)11-7-5-8-13(15(11)18)17(21)22-14-9-4-3-6-12(14)16(19)20/h3-10,18H,1-2H3,(H,19,20). The van der Waals surface area contributed by atoms with Crippen molar-refractivity contribution in [3.63, 3.8) is 0 Å². The van der Waals surface area contributed by atoms with Crippen LogP contribution in [0.15, 0.2) is 42.5 Å². The van der Waals surface area contributed by atoms with Crippen LogP contribution in [0.5, 0.6) is 11.5 Å². The van der Waals surface area contributed by atoms with Crippen molar-refractivity contribution in [1.29, 1.82) is 0 Å². The van der Waals surface area contributed by atoms with Crippen molar-refractivity contribution in [2.75, 3.05) is 0 Å². The summed E-state index contributed by atoms with van der Waals surface area (Å²) in [5, 5.41) is 19.2. The molecule has 2 aromatic carbocycles. The largest absolute Gasteiger partial charge is 0.507 e. The zero-order chi connectivity index (χ0) is 16.3. The van der Waals surface area contributed by atoms with Crippen LogP contribution in [0.3, 0.4) is 0 Å². The maximum absolute atomic E-state index is 12.2. The number of hydrogen-bond acceptors (Lipinski definition) is 4. The SMILES string of the molecule is CC(C)c1cccc(C(=O)Oc2ccccc2C(=O)O)c1O. The number of carbonyl (C=O) groups is 2. The van der Waals surface area contributed by atoms with E-state index in [0.29, 0.717) is 5.56 Å². The fourth-order valence-corrected chi connectivity index (χ4v) is 2.08. The van der Waals surface area contributed by atoms with E-state index in [4.69, 9.17) is 9.84 Å². The van der Waals surface area contributed by atoms with Crippen LogP contribution in [0.4, 0.5) is 0 Å². The van der Waals surface area contributed by atoms with Crippen molar-refractivity contribution >= 4 is 11.9 Å². The molecule has 0 saturated carbocycles. The maximum atomic E-state index is 12.2. The van der Waals surface area contributed by atoms with Gasteiger partial charge >= 0.3 is 11.9 Å². The smallest absolute Gasteiger partial charge is 0.347 e. The highest BCUT2D eigenvalue weighted by Gasteiger charge is 2.20.